The lowest BCUT2D eigenvalue weighted by Gasteiger charge is -2.30. The third-order valence-electron chi connectivity index (χ3n) is 4.14. The molecule has 1 unspecified atom stereocenters. The average Bonchev–Trinajstić information content (AvgIpc) is 2.52. The number of halogens is 1. The Morgan fingerprint density at radius 3 is 2.64 bits per heavy atom. The number of hydrogen-bond acceptors (Lipinski definition) is 4. The minimum absolute atomic E-state index is 0.106. The van der Waals surface area contributed by atoms with Crippen LogP contribution in [0.25, 0.3) is 0 Å². The molecule has 1 amide bonds. The normalized spacial score (nSPS) is 17.0. The van der Waals surface area contributed by atoms with Gasteiger partial charge in [-0.15, -0.1) is 0 Å². The first-order chi connectivity index (χ1) is 10.5. The molecule has 6 nitrogen and oxygen atoms in total. The summed E-state index contributed by atoms with van der Waals surface area (Å²) in [6.07, 6.45) is 5.64. The van der Waals surface area contributed by atoms with Crippen LogP contribution in [0.15, 0.2) is 18.2 Å². The topological polar surface area (TPSA) is 98.3 Å². The average molecular weight is 326 g/mol. The first-order valence-corrected chi connectivity index (χ1v) is 7.85. The van der Waals surface area contributed by atoms with Gasteiger partial charge in [0.15, 0.2) is 0 Å². The number of rotatable bonds is 5. The molecule has 0 aliphatic heterocycles. The molecule has 1 fully saturated rings. The van der Waals surface area contributed by atoms with Crippen LogP contribution in [0.5, 0.6) is 0 Å². The fourth-order valence-electron chi connectivity index (χ4n) is 2.97. The van der Waals surface area contributed by atoms with Crippen LogP contribution in [-0.4, -0.2) is 23.4 Å². The maximum atomic E-state index is 12.3. The molecule has 0 heterocycles. The number of nitro benzene ring substituents is 1. The Kier molecular flexibility index (Phi) is 5.74. The molecule has 1 aliphatic rings. The van der Waals surface area contributed by atoms with Crippen molar-refractivity contribution >= 4 is 23.2 Å². The second-order valence-electron chi connectivity index (χ2n) is 5.67. The smallest absolute Gasteiger partial charge is 0.271 e. The van der Waals surface area contributed by atoms with Crippen molar-refractivity contribution in [2.24, 2.45) is 11.7 Å². The highest BCUT2D eigenvalue weighted by Gasteiger charge is 2.25. The minimum Gasteiger partial charge on any atom is -0.348 e. The summed E-state index contributed by atoms with van der Waals surface area (Å²) in [7, 11) is 0. The molecule has 0 saturated heterocycles. The highest BCUT2D eigenvalue weighted by atomic mass is 35.5. The van der Waals surface area contributed by atoms with Crippen molar-refractivity contribution in [2.75, 3.05) is 6.54 Å². The fourth-order valence-corrected chi connectivity index (χ4v) is 3.20. The van der Waals surface area contributed by atoms with Gasteiger partial charge in [0.05, 0.1) is 4.92 Å². The summed E-state index contributed by atoms with van der Waals surface area (Å²) in [5.74, 6) is 0.00323. The molecule has 1 aliphatic carbocycles. The quantitative estimate of drug-likeness (QED) is 0.642. The Bertz CT molecular complexity index is 559. The number of carbonyl (C=O) groups excluding carboxylic acids is 1. The second-order valence-corrected chi connectivity index (χ2v) is 6.11. The second kappa shape index (κ2) is 7.56. The van der Waals surface area contributed by atoms with Crippen LogP contribution < -0.4 is 11.1 Å². The van der Waals surface area contributed by atoms with Gasteiger partial charge in [-0.2, -0.15) is 0 Å². The van der Waals surface area contributed by atoms with E-state index in [1.165, 1.54) is 24.6 Å². The van der Waals surface area contributed by atoms with Gasteiger partial charge in [0.25, 0.3) is 11.6 Å². The summed E-state index contributed by atoms with van der Waals surface area (Å²) in [5.41, 5.74) is 5.78. The van der Waals surface area contributed by atoms with Crippen LogP contribution in [0.3, 0.4) is 0 Å². The zero-order valence-electron chi connectivity index (χ0n) is 12.3. The van der Waals surface area contributed by atoms with Gasteiger partial charge in [0.1, 0.15) is 0 Å². The highest BCUT2D eigenvalue weighted by Crippen LogP contribution is 2.27. The molecule has 1 atom stereocenters. The number of hydrogen-bond donors (Lipinski definition) is 2. The van der Waals surface area contributed by atoms with Crippen molar-refractivity contribution in [1.29, 1.82) is 0 Å². The van der Waals surface area contributed by atoms with Gasteiger partial charge in [0, 0.05) is 35.3 Å². The van der Waals surface area contributed by atoms with Crippen LogP contribution in [-0.2, 0) is 0 Å². The van der Waals surface area contributed by atoms with E-state index in [1.807, 2.05) is 0 Å². The lowest BCUT2D eigenvalue weighted by atomic mass is 9.84. The van der Waals surface area contributed by atoms with E-state index in [0.29, 0.717) is 12.5 Å². The minimum atomic E-state index is -0.565. The number of carbonyl (C=O) groups is 1. The zero-order chi connectivity index (χ0) is 16.1. The van der Waals surface area contributed by atoms with Crippen molar-refractivity contribution in [3.63, 3.8) is 0 Å². The van der Waals surface area contributed by atoms with Crippen LogP contribution >= 0.6 is 11.6 Å². The number of non-ortho nitro benzene ring substituents is 1. The van der Waals surface area contributed by atoms with E-state index >= 15 is 0 Å². The molecule has 0 aromatic heterocycles. The van der Waals surface area contributed by atoms with Gasteiger partial charge in [-0.3, -0.25) is 14.9 Å². The van der Waals surface area contributed by atoms with Crippen LogP contribution in [0.4, 0.5) is 5.69 Å². The van der Waals surface area contributed by atoms with Gasteiger partial charge in [0.2, 0.25) is 0 Å². The van der Waals surface area contributed by atoms with Crippen molar-refractivity contribution < 1.29 is 9.72 Å². The van der Waals surface area contributed by atoms with Gasteiger partial charge in [-0.25, -0.2) is 0 Å². The predicted octanol–water partition coefficient (Wildman–Crippen LogP) is 2.89. The largest absolute Gasteiger partial charge is 0.348 e. The summed E-state index contributed by atoms with van der Waals surface area (Å²) >= 11 is 5.85. The molecule has 7 heteroatoms. The molecule has 1 saturated carbocycles. The van der Waals surface area contributed by atoms with Crippen LogP contribution in [0.2, 0.25) is 5.02 Å². The van der Waals surface area contributed by atoms with E-state index in [2.05, 4.69) is 5.32 Å². The molecule has 0 radical (unpaired) electrons. The number of nitro groups is 1. The zero-order valence-corrected chi connectivity index (χ0v) is 13.0. The van der Waals surface area contributed by atoms with Crippen molar-refractivity contribution in [3.8, 4) is 0 Å². The molecule has 2 rings (SSSR count). The first-order valence-electron chi connectivity index (χ1n) is 7.47. The molecular formula is C15H20ClN3O3. The van der Waals surface area contributed by atoms with Crippen molar-refractivity contribution in [1.82, 2.24) is 5.32 Å². The molecule has 3 N–H and O–H groups in total. The van der Waals surface area contributed by atoms with E-state index in [1.54, 1.807) is 0 Å². The molecule has 120 valence electrons. The lowest BCUT2D eigenvalue weighted by Crippen LogP contribution is -2.45. The third-order valence-corrected chi connectivity index (χ3v) is 4.36. The lowest BCUT2D eigenvalue weighted by molar-refractivity contribution is -0.384. The number of nitrogens with one attached hydrogen (secondary N) is 1. The maximum Gasteiger partial charge on any atom is 0.271 e. The Balaban J connectivity index is 2.11. The summed E-state index contributed by atoms with van der Waals surface area (Å²) in [6.45, 7) is 0.360. The number of nitrogens with two attached hydrogens (primary N) is 1. The van der Waals surface area contributed by atoms with Crippen LogP contribution in [0, 0.1) is 16.0 Å². The molecule has 1 aromatic carbocycles. The predicted molar refractivity (Wildman–Crippen MR) is 85.0 cm³/mol. The number of amides is 1. The Hall–Kier alpha value is -1.66. The molecular weight excluding hydrogens is 306 g/mol. The Labute approximate surface area is 134 Å². The van der Waals surface area contributed by atoms with Gasteiger partial charge < -0.3 is 11.1 Å². The Morgan fingerprint density at radius 1 is 1.36 bits per heavy atom. The van der Waals surface area contributed by atoms with E-state index in [0.717, 1.165) is 25.7 Å². The summed E-state index contributed by atoms with van der Waals surface area (Å²) in [4.78, 5) is 22.6. The summed E-state index contributed by atoms with van der Waals surface area (Å²) < 4.78 is 0. The SMILES string of the molecule is NCC(NC(=O)c1cc(Cl)cc([N+](=O)[O-])c1)C1CCCCC1. The van der Waals surface area contributed by atoms with Crippen molar-refractivity contribution in [2.45, 2.75) is 38.1 Å². The van der Waals surface area contributed by atoms with Gasteiger partial charge >= 0.3 is 0 Å². The van der Waals surface area contributed by atoms with Crippen molar-refractivity contribution in [3.05, 3.63) is 38.9 Å². The maximum absolute atomic E-state index is 12.3. The first kappa shape index (κ1) is 16.7. The summed E-state index contributed by atoms with van der Waals surface area (Å²) in [6, 6.07) is 3.78. The van der Waals surface area contributed by atoms with Crippen LogP contribution in [0.1, 0.15) is 42.5 Å². The van der Waals surface area contributed by atoms with E-state index in [-0.39, 0.29) is 28.2 Å². The summed E-state index contributed by atoms with van der Waals surface area (Å²) in [5, 5.41) is 13.9. The molecule has 1 aromatic rings. The number of nitrogens with zero attached hydrogens (tertiary/aromatic N) is 1. The van der Waals surface area contributed by atoms with E-state index in [4.69, 9.17) is 17.3 Å². The highest BCUT2D eigenvalue weighted by molar-refractivity contribution is 6.31. The van der Waals surface area contributed by atoms with E-state index in [9.17, 15) is 14.9 Å². The molecule has 0 spiro atoms. The fraction of sp³-hybridized carbons (Fsp3) is 0.533. The monoisotopic (exact) mass is 325 g/mol. The van der Waals surface area contributed by atoms with E-state index < -0.39 is 4.92 Å². The number of benzene rings is 1. The van der Waals surface area contributed by atoms with Gasteiger partial charge in [-0.1, -0.05) is 30.9 Å². The molecule has 0 bridgehead atoms. The third kappa shape index (κ3) is 4.18. The molecule has 22 heavy (non-hydrogen) atoms. The Morgan fingerprint density at radius 2 is 2.05 bits per heavy atom. The standard InChI is InChI=1S/C15H20ClN3O3/c16-12-6-11(7-13(8-12)19(21)22)15(20)18-14(9-17)10-4-2-1-3-5-10/h6-8,10,14H,1-5,9,17H2,(H,18,20). The van der Waals surface area contributed by atoms with Gasteiger partial charge in [-0.05, 0) is 24.8 Å².